The van der Waals surface area contributed by atoms with Gasteiger partial charge in [0.2, 0.25) is 0 Å². The molecule has 2 unspecified atom stereocenters. The van der Waals surface area contributed by atoms with Gasteiger partial charge in [-0.3, -0.25) is 0 Å². The predicted octanol–water partition coefficient (Wildman–Crippen LogP) is 1.82. The molecule has 12 heavy (non-hydrogen) atoms. The quantitative estimate of drug-likeness (QED) is 0.495. The van der Waals surface area contributed by atoms with E-state index in [9.17, 15) is 4.57 Å². The molecule has 0 aromatic heterocycles. The van der Waals surface area contributed by atoms with Gasteiger partial charge in [0, 0.05) is 18.5 Å². The number of rotatable bonds is 6. The van der Waals surface area contributed by atoms with Gasteiger partial charge < -0.3 is 13.4 Å². The molecule has 0 bridgehead atoms. The van der Waals surface area contributed by atoms with Crippen LogP contribution in [0.2, 0.25) is 6.55 Å². The van der Waals surface area contributed by atoms with Gasteiger partial charge >= 0.3 is 8.56 Å². The Labute approximate surface area is 76.9 Å². The fourth-order valence-corrected chi connectivity index (χ4v) is 4.32. The van der Waals surface area contributed by atoms with E-state index in [2.05, 4.69) is 0 Å². The minimum Gasteiger partial charge on any atom is -0.394 e. The smallest absolute Gasteiger partial charge is 0.344 e. The van der Waals surface area contributed by atoms with Crippen LogP contribution in [0, 0.1) is 0 Å². The molecule has 2 atom stereocenters. The van der Waals surface area contributed by atoms with E-state index in [-0.39, 0.29) is 5.28 Å². The van der Waals surface area contributed by atoms with Crippen LogP contribution in [0.5, 0.6) is 0 Å². The summed E-state index contributed by atoms with van der Waals surface area (Å²) >= 11 is 0. The summed E-state index contributed by atoms with van der Waals surface area (Å²) in [6.45, 7) is 9.10. The molecular weight excluding hydrogens is 191 g/mol. The summed E-state index contributed by atoms with van der Waals surface area (Å²) in [7, 11) is -2.92. The summed E-state index contributed by atoms with van der Waals surface area (Å²) in [6.07, 6.45) is 0. The maximum Gasteiger partial charge on any atom is 0.344 e. The fourth-order valence-electron chi connectivity index (χ4n) is 1.00. The van der Waals surface area contributed by atoms with Gasteiger partial charge in [-0.2, -0.15) is 0 Å². The van der Waals surface area contributed by atoms with E-state index in [1.54, 1.807) is 0 Å². The molecule has 0 aliphatic carbocycles. The lowest BCUT2D eigenvalue weighted by atomic mass is 10.9. The number of hydrogen-bond acceptors (Lipinski definition) is 3. The molecule has 74 valence electrons. The minimum absolute atomic E-state index is 0.109. The van der Waals surface area contributed by atoms with Gasteiger partial charge in [0.05, 0.1) is 8.46 Å². The van der Waals surface area contributed by atoms with Crippen LogP contribution < -0.4 is 0 Å². The zero-order valence-electron chi connectivity index (χ0n) is 8.29. The second kappa shape index (κ2) is 5.92. The molecule has 0 heterocycles. The van der Waals surface area contributed by atoms with Gasteiger partial charge in [0.15, 0.2) is 0 Å². The van der Waals surface area contributed by atoms with Crippen molar-refractivity contribution in [2.24, 2.45) is 0 Å². The van der Waals surface area contributed by atoms with Crippen LogP contribution >= 0.6 is 8.46 Å². The molecule has 0 aromatic rings. The van der Waals surface area contributed by atoms with E-state index < -0.39 is 17.0 Å². The molecule has 0 rings (SSSR count). The van der Waals surface area contributed by atoms with Crippen LogP contribution in [0.3, 0.4) is 0 Å². The van der Waals surface area contributed by atoms with E-state index in [1.807, 2.05) is 27.3 Å². The Morgan fingerprint density at radius 1 is 1.33 bits per heavy atom. The maximum absolute atomic E-state index is 10.8. The Morgan fingerprint density at radius 2 is 1.75 bits per heavy atom. The van der Waals surface area contributed by atoms with Crippen molar-refractivity contribution in [2.75, 3.05) is 13.2 Å². The Balaban J connectivity index is 4.25. The van der Waals surface area contributed by atoms with Crippen molar-refractivity contribution in [3.05, 3.63) is 0 Å². The SMILES string of the molecule is CCO[Si](C)(OCC)C(C)[PH2]=O. The average molecular weight is 210 g/mol. The average Bonchev–Trinajstić information content (AvgIpc) is 2.04. The Bertz CT molecular complexity index is 137. The summed E-state index contributed by atoms with van der Waals surface area (Å²) < 4.78 is 21.9. The summed E-state index contributed by atoms with van der Waals surface area (Å²) in [6, 6.07) is 0. The molecule has 0 aliphatic heterocycles. The summed E-state index contributed by atoms with van der Waals surface area (Å²) in [5.41, 5.74) is 0. The lowest BCUT2D eigenvalue weighted by molar-refractivity contribution is 0.188. The highest BCUT2D eigenvalue weighted by Gasteiger charge is 2.37. The van der Waals surface area contributed by atoms with E-state index in [1.165, 1.54) is 0 Å². The van der Waals surface area contributed by atoms with Gasteiger partial charge in [0.25, 0.3) is 0 Å². The first-order chi connectivity index (χ1) is 5.60. The third-order valence-electron chi connectivity index (χ3n) is 1.89. The highest BCUT2D eigenvalue weighted by Crippen LogP contribution is 2.22. The van der Waals surface area contributed by atoms with Crippen LogP contribution in [0.4, 0.5) is 0 Å². The lowest BCUT2D eigenvalue weighted by Crippen LogP contribution is -2.47. The van der Waals surface area contributed by atoms with Crippen molar-refractivity contribution in [1.82, 2.24) is 0 Å². The van der Waals surface area contributed by atoms with Gasteiger partial charge in [-0.05, 0) is 20.4 Å². The van der Waals surface area contributed by atoms with Gasteiger partial charge in [-0.25, -0.2) is 0 Å². The molecule has 0 spiro atoms. The summed E-state index contributed by atoms with van der Waals surface area (Å²) in [5.74, 6) is 0. The number of hydrogen-bond donors (Lipinski definition) is 0. The first-order valence-electron chi connectivity index (χ1n) is 4.33. The molecule has 0 radical (unpaired) electrons. The van der Waals surface area contributed by atoms with Crippen molar-refractivity contribution < 1.29 is 13.4 Å². The Hall–Kier alpha value is 0.367. The van der Waals surface area contributed by atoms with Crippen molar-refractivity contribution in [3.63, 3.8) is 0 Å². The molecule has 0 saturated carbocycles. The van der Waals surface area contributed by atoms with E-state index in [4.69, 9.17) is 8.85 Å². The molecule has 5 heteroatoms. The minimum atomic E-state index is -2.13. The zero-order valence-corrected chi connectivity index (χ0v) is 10.4. The third kappa shape index (κ3) is 3.40. The zero-order chi connectivity index (χ0) is 9.61. The molecule has 0 N–H and O–H groups in total. The first kappa shape index (κ1) is 12.4. The lowest BCUT2D eigenvalue weighted by Gasteiger charge is -2.28. The van der Waals surface area contributed by atoms with Crippen LogP contribution in [0.25, 0.3) is 0 Å². The van der Waals surface area contributed by atoms with E-state index >= 15 is 0 Å². The van der Waals surface area contributed by atoms with Crippen molar-refractivity contribution in [1.29, 1.82) is 0 Å². The first-order valence-corrected chi connectivity index (χ1v) is 7.87. The maximum atomic E-state index is 10.8. The highest BCUT2D eigenvalue weighted by atomic mass is 31.1. The van der Waals surface area contributed by atoms with Gasteiger partial charge in [-0.15, -0.1) is 0 Å². The van der Waals surface area contributed by atoms with Crippen LogP contribution in [0.1, 0.15) is 20.8 Å². The van der Waals surface area contributed by atoms with Crippen LogP contribution in [-0.4, -0.2) is 27.1 Å². The molecular formula is C7H19O3PSi. The second-order valence-corrected chi connectivity index (χ2v) is 8.27. The highest BCUT2D eigenvalue weighted by molar-refractivity contribution is 7.30. The van der Waals surface area contributed by atoms with Crippen LogP contribution in [0.15, 0.2) is 0 Å². The molecule has 0 fully saturated rings. The molecule has 3 nitrogen and oxygen atoms in total. The molecule has 0 aromatic carbocycles. The molecule has 0 aliphatic rings. The fraction of sp³-hybridized carbons (Fsp3) is 1.00. The Morgan fingerprint density at radius 3 is 2.00 bits per heavy atom. The normalized spacial score (nSPS) is 15.7. The largest absolute Gasteiger partial charge is 0.394 e. The standard InChI is InChI=1S/C7H19O3PSi/c1-5-9-12(4,10-6-2)7(3)11-8/h7H,5-6,11H2,1-4H3. The predicted molar refractivity (Wildman–Crippen MR) is 54.7 cm³/mol. The van der Waals surface area contributed by atoms with Crippen molar-refractivity contribution in [3.8, 4) is 0 Å². The van der Waals surface area contributed by atoms with Gasteiger partial charge in [-0.1, -0.05) is 6.92 Å². The molecule has 0 saturated heterocycles. The van der Waals surface area contributed by atoms with Crippen LogP contribution in [-0.2, 0) is 13.4 Å². The summed E-state index contributed by atoms with van der Waals surface area (Å²) in [5, 5.41) is 0.109. The van der Waals surface area contributed by atoms with E-state index in [0.717, 1.165) is 0 Å². The Kier molecular flexibility index (Phi) is 6.10. The monoisotopic (exact) mass is 210 g/mol. The van der Waals surface area contributed by atoms with E-state index in [0.29, 0.717) is 13.2 Å². The molecule has 0 amide bonds. The van der Waals surface area contributed by atoms with Crippen molar-refractivity contribution in [2.45, 2.75) is 32.6 Å². The summed E-state index contributed by atoms with van der Waals surface area (Å²) in [4.78, 5) is 0. The third-order valence-corrected chi connectivity index (χ3v) is 7.90. The topological polar surface area (TPSA) is 35.5 Å². The van der Waals surface area contributed by atoms with Crippen molar-refractivity contribution >= 4 is 17.0 Å². The van der Waals surface area contributed by atoms with Gasteiger partial charge in [0.1, 0.15) is 0 Å². The second-order valence-electron chi connectivity index (χ2n) is 2.81.